The second-order valence-corrected chi connectivity index (χ2v) is 8.07. The lowest BCUT2D eigenvalue weighted by atomic mass is 10.2. The monoisotopic (exact) mass is 424 g/mol. The van der Waals surface area contributed by atoms with Gasteiger partial charge in [-0.25, -0.2) is 18.1 Å². The van der Waals surface area contributed by atoms with Gasteiger partial charge in [-0.05, 0) is 17.7 Å². The minimum absolute atomic E-state index is 0.0616. The van der Waals surface area contributed by atoms with E-state index in [1.54, 1.807) is 30.3 Å². The minimum atomic E-state index is -4.86. The van der Waals surface area contributed by atoms with Gasteiger partial charge in [-0.15, -0.1) is 0 Å². The zero-order valence-electron chi connectivity index (χ0n) is 15.0. The lowest BCUT2D eigenvalue weighted by Gasteiger charge is -2.11. The van der Waals surface area contributed by atoms with E-state index in [1.165, 1.54) is 6.07 Å². The molecule has 2 heterocycles. The molecular formula is C18H15F3N4O3S. The van der Waals surface area contributed by atoms with Crippen molar-refractivity contribution < 1.29 is 26.4 Å². The molecule has 0 radical (unpaired) electrons. The average Bonchev–Trinajstić information content (AvgIpc) is 3.05. The first-order valence-corrected chi connectivity index (χ1v) is 10.1. The Labute approximate surface area is 164 Å². The van der Waals surface area contributed by atoms with Gasteiger partial charge in [-0.2, -0.15) is 18.3 Å². The van der Waals surface area contributed by atoms with Crippen molar-refractivity contribution in [3.05, 3.63) is 65.5 Å². The van der Waals surface area contributed by atoms with Crippen LogP contribution in [0, 0.1) is 0 Å². The predicted molar refractivity (Wildman–Crippen MR) is 98.6 cm³/mol. The molecule has 0 atom stereocenters. The highest BCUT2D eigenvalue weighted by atomic mass is 32.2. The smallest absolute Gasteiger partial charge is 0.365 e. The molecule has 3 aromatic rings. The van der Waals surface area contributed by atoms with Gasteiger partial charge >= 0.3 is 6.18 Å². The summed E-state index contributed by atoms with van der Waals surface area (Å²) in [5.74, 6) is -0.176. The lowest BCUT2D eigenvalue weighted by molar-refractivity contribution is -0.141. The first-order chi connectivity index (χ1) is 13.6. The molecule has 0 saturated carbocycles. The van der Waals surface area contributed by atoms with E-state index >= 15 is 0 Å². The van der Waals surface area contributed by atoms with Crippen molar-refractivity contribution in [1.29, 1.82) is 0 Å². The second-order valence-electron chi connectivity index (χ2n) is 6.10. The molecule has 2 aromatic heterocycles. The van der Waals surface area contributed by atoms with Gasteiger partial charge in [0.1, 0.15) is 5.82 Å². The summed E-state index contributed by atoms with van der Waals surface area (Å²) in [6.45, 7) is 0.138. The van der Waals surface area contributed by atoms with E-state index in [4.69, 9.17) is 0 Å². The van der Waals surface area contributed by atoms with Gasteiger partial charge in [0.05, 0.1) is 17.4 Å². The molecule has 0 amide bonds. The van der Waals surface area contributed by atoms with Crippen LogP contribution in [0.15, 0.2) is 53.7 Å². The molecule has 3 rings (SSSR count). The third-order valence-corrected chi connectivity index (χ3v) is 4.96. The molecule has 0 fully saturated rings. The van der Waals surface area contributed by atoms with Crippen LogP contribution in [0.2, 0.25) is 0 Å². The molecule has 0 aliphatic heterocycles. The molecule has 0 bridgehead atoms. The van der Waals surface area contributed by atoms with Crippen LogP contribution in [-0.2, 0) is 22.6 Å². The van der Waals surface area contributed by atoms with Crippen molar-refractivity contribution in [2.24, 2.45) is 0 Å². The molecule has 29 heavy (non-hydrogen) atoms. The van der Waals surface area contributed by atoms with Gasteiger partial charge in [0.15, 0.2) is 26.8 Å². The number of aromatic nitrogens is 3. The van der Waals surface area contributed by atoms with Crippen LogP contribution in [0.5, 0.6) is 0 Å². The maximum atomic E-state index is 13.4. The minimum Gasteiger partial charge on any atom is -0.365 e. The number of rotatable bonds is 6. The van der Waals surface area contributed by atoms with Crippen molar-refractivity contribution >= 4 is 21.9 Å². The number of alkyl halides is 3. The number of sulfone groups is 1. The quantitative estimate of drug-likeness (QED) is 0.611. The van der Waals surface area contributed by atoms with Crippen LogP contribution in [0.25, 0.3) is 5.69 Å². The zero-order chi connectivity index (χ0) is 21.2. The Morgan fingerprint density at radius 3 is 2.34 bits per heavy atom. The fourth-order valence-electron chi connectivity index (χ4n) is 2.61. The Hall–Kier alpha value is -3.21. The summed E-state index contributed by atoms with van der Waals surface area (Å²) in [6, 6.07) is 11.3. The number of hydrogen-bond acceptors (Lipinski definition) is 6. The topological polar surface area (TPSA) is 94.0 Å². The molecular weight excluding hydrogens is 409 g/mol. The summed E-state index contributed by atoms with van der Waals surface area (Å²) in [6.07, 6.45) is -2.74. The molecule has 152 valence electrons. The number of benzene rings is 1. The van der Waals surface area contributed by atoms with Crippen LogP contribution < -0.4 is 5.32 Å². The maximum absolute atomic E-state index is 13.4. The van der Waals surface area contributed by atoms with Crippen LogP contribution in [0.3, 0.4) is 0 Å². The maximum Gasteiger partial charge on any atom is 0.435 e. The third-order valence-electron chi connectivity index (χ3n) is 3.96. The predicted octanol–water partition coefficient (Wildman–Crippen LogP) is 3.11. The third kappa shape index (κ3) is 4.45. The summed E-state index contributed by atoms with van der Waals surface area (Å²) in [4.78, 5) is 15.2. The molecule has 7 nitrogen and oxygen atoms in total. The normalized spacial score (nSPS) is 12.0. The van der Waals surface area contributed by atoms with Crippen molar-refractivity contribution in [3.8, 4) is 5.69 Å². The molecule has 0 aliphatic carbocycles. The van der Waals surface area contributed by atoms with Crippen molar-refractivity contribution in [2.75, 3.05) is 11.6 Å². The van der Waals surface area contributed by atoms with Crippen LogP contribution in [-0.4, -0.2) is 35.7 Å². The van der Waals surface area contributed by atoms with E-state index in [1.807, 2.05) is 0 Å². The first kappa shape index (κ1) is 20.5. The SMILES string of the molecule is CS(=O)(=O)c1ccc(-n2nc(C(F)(F)F)c(C=O)c2NCc2ccccc2)cn1. The van der Waals surface area contributed by atoms with Gasteiger partial charge < -0.3 is 5.32 Å². The van der Waals surface area contributed by atoms with Gasteiger partial charge in [0.2, 0.25) is 0 Å². The van der Waals surface area contributed by atoms with E-state index in [0.29, 0.717) is 0 Å². The first-order valence-electron chi connectivity index (χ1n) is 8.21. The second kappa shape index (κ2) is 7.66. The summed E-state index contributed by atoms with van der Waals surface area (Å²) in [7, 11) is -3.58. The van der Waals surface area contributed by atoms with E-state index in [9.17, 15) is 26.4 Å². The Bertz CT molecular complexity index is 1130. The Kier molecular flexibility index (Phi) is 5.42. The number of nitrogens with one attached hydrogen (secondary N) is 1. The Morgan fingerprint density at radius 2 is 1.83 bits per heavy atom. The number of carbonyl (C=O) groups is 1. The number of aldehydes is 1. The standard InChI is InChI=1S/C18H15F3N4O3S/c1-29(27,28)15-8-7-13(10-22-15)25-17(23-9-12-5-3-2-4-6-12)14(11-26)16(24-25)18(19,20)21/h2-8,10-11,23H,9H2,1H3. The fraction of sp³-hybridized carbons (Fsp3) is 0.167. The van der Waals surface area contributed by atoms with Crippen LogP contribution in [0.1, 0.15) is 21.6 Å². The van der Waals surface area contributed by atoms with Gasteiger partial charge in [-0.1, -0.05) is 30.3 Å². The van der Waals surface area contributed by atoms with Gasteiger partial charge in [-0.3, -0.25) is 4.79 Å². The number of hydrogen-bond donors (Lipinski definition) is 1. The van der Waals surface area contributed by atoms with Crippen molar-refractivity contribution in [3.63, 3.8) is 0 Å². The van der Waals surface area contributed by atoms with E-state index in [0.717, 1.165) is 28.8 Å². The summed E-state index contributed by atoms with van der Waals surface area (Å²) >= 11 is 0. The van der Waals surface area contributed by atoms with E-state index < -0.39 is 27.3 Å². The fourth-order valence-corrected chi connectivity index (χ4v) is 3.17. The summed E-state index contributed by atoms with van der Waals surface area (Å²) in [5.41, 5.74) is -1.17. The highest BCUT2D eigenvalue weighted by Crippen LogP contribution is 2.35. The molecule has 0 saturated heterocycles. The zero-order valence-corrected chi connectivity index (χ0v) is 15.8. The average molecular weight is 424 g/mol. The van der Waals surface area contributed by atoms with Crippen molar-refractivity contribution in [1.82, 2.24) is 14.8 Å². The summed E-state index contributed by atoms with van der Waals surface area (Å²) in [5, 5.41) is 6.11. The van der Waals surface area contributed by atoms with E-state index in [-0.39, 0.29) is 29.4 Å². The van der Waals surface area contributed by atoms with Crippen LogP contribution >= 0.6 is 0 Å². The number of carbonyl (C=O) groups excluding carboxylic acids is 1. The Morgan fingerprint density at radius 1 is 1.14 bits per heavy atom. The van der Waals surface area contributed by atoms with E-state index in [2.05, 4.69) is 15.4 Å². The highest BCUT2D eigenvalue weighted by molar-refractivity contribution is 7.90. The molecule has 0 aliphatic rings. The largest absolute Gasteiger partial charge is 0.435 e. The van der Waals surface area contributed by atoms with Crippen LogP contribution in [0.4, 0.5) is 19.0 Å². The lowest BCUT2D eigenvalue weighted by Crippen LogP contribution is -2.09. The number of halogens is 3. The van der Waals surface area contributed by atoms with Gasteiger partial charge in [0, 0.05) is 12.8 Å². The molecule has 1 aromatic carbocycles. The van der Waals surface area contributed by atoms with Gasteiger partial charge in [0.25, 0.3) is 0 Å². The molecule has 0 spiro atoms. The molecule has 0 unspecified atom stereocenters. The number of anilines is 1. The molecule has 11 heteroatoms. The van der Waals surface area contributed by atoms with Crippen molar-refractivity contribution in [2.45, 2.75) is 17.7 Å². The summed E-state index contributed by atoms with van der Waals surface area (Å²) < 4.78 is 64.1. The highest BCUT2D eigenvalue weighted by Gasteiger charge is 2.39. The Balaban J connectivity index is 2.09. The molecule has 1 N–H and O–H groups in total. The number of nitrogens with zero attached hydrogens (tertiary/aromatic N) is 3. The number of pyridine rings is 1.